The maximum atomic E-state index is 13.2. The summed E-state index contributed by atoms with van der Waals surface area (Å²) in [4.78, 5) is 27.6. The number of carbonyl (C=O) groups is 2. The number of amides is 2. The zero-order chi connectivity index (χ0) is 22.4. The molecule has 1 heterocycles. The molecule has 0 radical (unpaired) electrons. The molecule has 166 valence electrons. The predicted octanol–water partition coefficient (Wildman–Crippen LogP) is 4.44. The predicted molar refractivity (Wildman–Crippen MR) is 123 cm³/mol. The van der Waals surface area contributed by atoms with Crippen LogP contribution in [0.3, 0.4) is 0 Å². The van der Waals surface area contributed by atoms with Crippen LogP contribution in [-0.4, -0.2) is 35.6 Å². The van der Waals surface area contributed by atoms with Crippen molar-refractivity contribution in [3.05, 3.63) is 58.1 Å². The maximum absolute atomic E-state index is 13.2. The van der Waals surface area contributed by atoms with Gasteiger partial charge in [0.05, 0.1) is 0 Å². The van der Waals surface area contributed by atoms with E-state index in [1.165, 1.54) is 0 Å². The number of halogens is 1. The molecule has 2 atom stereocenters. The third-order valence-electron chi connectivity index (χ3n) is 5.50. The molecule has 0 bridgehead atoms. The number of hydrogen-bond acceptors (Lipinski definition) is 4. The lowest BCUT2D eigenvalue weighted by molar-refractivity contribution is -0.140. The van der Waals surface area contributed by atoms with E-state index < -0.39 is 6.04 Å². The van der Waals surface area contributed by atoms with Gasteiger partial charge >= 0.3 is 0 Å². The average molecular weight is 489 g/mol. The molecule has 2 aromatic carbocycles. The summed E-state index contributed by atoms with van der Waals surface area (Å²) >= 11 is 3.44. The summed E-state index contributed by atoms with van der Waals surface area (Å²) in [6, 6.07) is 13.0. The van der Waals surface area contributed by atoms with Crippen LogP contribution in [0, 0.1) is 0 Å². The first-order valence-electron chi connectivity index (χ1n) is 10.6. The highest BCUT2D eigenvalue weighted by Gasteiger charge is 2.26. The number of benzene rings is 2. The molecule has 0 saturated carbocycles. The van der Waals surface area contributed by atoms with Crippen LogP contribution in [-0.2, 0) is 22.6 Å². The molecule has 1 aliphatic heterocycles. The molecular weight excluding hydrogens is 460 g/mol. The van der Waals surface area contributed by atoms with E-state index in [9.17, 15) is 9.59 Å². The van der Waals surface area contributed by atoms with Crippen molar-refractivity contribution in [3.63, 3.8) is 0 Å². The maximum Gasteiger partial charge on any atom is 0.242 e. The second kappa shape index (κ2) is 10.7. The van der Waals surface area contributed by atoms with Gasteiger partial charge in [0, 0.05) is 23.5 Å². The van der Waals surface area contributed by atoms with Crippen LogP contribution in [0.25, 0.3) is 0 Å². The quantitative estimate of drug-likeness (QED) is 0.566. The highest BCUT2D eigenvalue weighted by Crippen LogP contribution is 2.32. The Kier molecular flexibility index (Phi) is 7.96. The Balaban J connectivity index is 1.71. The number of carbonyl (C=O) groups excluding carboxylic acids is 2. The summed E-state index contributed by atoms with van der Waals surface area (Å²) in [6.07, 6.45) is 1.70. The van der Waals surface area contributed by atoms with Gasteiger partial charge in [-0.15, -0.1) is 0 Å². The Bertz CT molecular complexity index is 916. The van der Waals surface area contributed by atoms with Crippen molar-refractivity contribution in [1.82, 2.24) is 10.2 Å². The number of fused-ring (bicyclic) bond motifs is 1. The van der Waals surface area contributed by atoms with E-state index in [4.69, 9.17) is 9.47 Å². The number of rotatable bonds is 9. The van der Waals surface area contributed by atoms with Crippen molar-refractivity contribution in [2.45, 2.75) is 58.7 Å². The summed E-state index contributed by atoms with van der Waals surface area (Å²) in [5, 5.41) is 2.99. The topological polar surface area (TPSA) is 67.9 Å². The summed E-state index contributed by atoms with van der Waals surface area (Å²) in [7, 11) is 0. The minimum atomic E-state index is -0.568. The Morgan fingerprint density at radius 1 is 1.06 bits per heavy atom. The fraction of sp³-hybridized carbons (Fsp3) is 0.417. The van der Waals surface area contributed by atoms with Crippen LogP contribution >= 0.6 is 15.9 Å². The molecule has 0 saturated heterocycles. The molecule has 7 heteroatoms. The molecule has 3 rings (SSSR count). The third kappa shape index (κ3) is 6.23. The molecule has 6 nitrogen and oxygen atoms in total. The van der Waals surface area contributed by atoms with Crippen molar-refractivity contribution < 1.29 is 19.1 Å². The molecule has 0 aliphatic carbocycles. The third-order valence-corrected chi connectivity index (χ3v) is 6.03. The van der Waals surface area contributed by atoms with Crippen molar-refractivity contribution in [2.24, 2.45) is 0 Å². The highest BCUT2D eigenvalue weighted by molar-refractivity contribution is 9.10. The zero-order valence-electron chi connectivity index (χ0n) is 18.2. The summed E-state index contributed by atoms with van der Waals surface area (Å²) < 4.78 is 11.7. The lowest BCUT2D eigenvalue weighted by Crippen LogP contribution is -2.49. The normalized spacial score (nSPS) is 14.1. The SMILES string of the molecule is CC[C@@H](C)NC(=O)[C@@H](C)N(Cc1ccc(Br)cc1)C(=O)CCc1ccc2c(c1)OCO2. The first kappa shape index (κ1) is 23.1. The van der Waals surface area contributed by atoms with E-state index in [1.54, 1.807) is 11.8 Å². The molecule has 0 aromatic heterocycles. The first-order chi connectivity index (χ1) is 14.9. The Morgan fingerprint density at radius 3 is 2.45 bits per heavy atom. The van der Waals surface area contributed by atoms with Gasteiger partial charge < -0.3 is 19.7 Å². The number of nitrogens with one attached hydrogen (secondary N) is 1. The summed E-state index contributed by atoms with van der Waals surface area (Å²) in [5.41, 5.74) is 1.97. The Hall–Kier alpha value is -2.54. The van der Waals surface area contributed by atoms with Gasteiger partial charge in [-0.1, -0.05) is 41.1 Å². The van der Waals surface area contributed by atoms with E-state index in [-0.39, 0.29) is 24.6 Å². The Labute approximate surface area is 192 Å². The first-order valence-corrected chi connectivity index (χ1v) is 11.4. The van der Waals surface area contributed by atoms with Crippen LogP contribution in [0.2, 0.25) is 0 Å². The number of aryl methyl sites for hydroxylation is 1. The smallest absolute Gasteiger partial charge is 0.242 e. The number of hydrogen-bond donors (Lipinski definition) is 1. The lowest BCUT2D eigenvalue weighted by Gasteiger charge is -2.30. The van der Waals surface area contributed by atoms with Crippen LogP contribution in [0.5, 0.6) is 11.5 Å². The van der Waals surface area contributed by atoms with Crippen LogP contribution in [0.15, 0.2) is 46.9 Å². The fourth-order valence-electron chi connectivity index (χ4n) is 3.33. The van der Waals surface area contributed by atoms with Crippen LogP contribution in [0.1, 0.15) is 44.7 Å². The van der Waals surface area contributed by atoms with Gasteiger partial charge in [0.1, 0.15) is 6.04 Å². The van der Waals surface area contributed by atoms with E-state index in [0.29, 0.717) is 25.1 Å². The largest absolute Gasteiger partial charge is 0.454 e. The molecule has 2 aromatic rings. The van der Waals surface area contributed by atoms with E-state index >= 15 is 0 Å². The standard InChI is InChI=1S/C24H29BrN2O4/c1-4-16(2)26-24(29)17(3)27(14-19-5-9-20(25)10-6-19)23(28)12-8-18-7-11-21-22(13-18)31-15-30-21/h5-7,9-11,13,16-17H,4,8,12,14-15H2,1-3H3,(H,26,29)/t16-,17-/m1/s1. The Morgan fingerprint density at radius 2 is 1.74 bits per heavy atom. The lowest BCUT2D eigenvalue weighted by atomic mass is 10.1. The fourth-order valence-corrected chi connectivity index (χ4v) is 3.59. The second-order valence-electron chi connectivity index (χ2n) is 7.83. The molecular formula is C24H29BrN2O4. The number of nitrogens with zero attached hydrogens (tertiary/aromatic N) is 1. The minimum Gasteiger partial charge on any atom is -0.454 e. The molecule has 0 unspecified atom stereocenters. The van der Waals surface area contributed by atoms with E-state index in [2.05, 4.69) is 21.2 Å². The summed E-state index contributed by atoms with van der Waals surface area (Å²) in [5.74, 6) is 1.23. The summed E-state index contributed by atoms with van der Waals surface area (Å²) in [6.45, 7) is 6.37. The van der Waals surface area contributed by atoms with Gasteiger partial charge in [-0.25, -0.2) is 0 Å². The van der Waals surface area contributed by atoms with Crippen molar-refractivity contribution in [1.29, 1.82) is 0 Å². The van der Waals surface area contributed by atoms with Gasteiger partial charge in [0.15, 0.2) is 11.5 Å². The van der Waals surface area contributed by atoms with Gasteiger partial charge in [-0.3, -0.25) is 9.59 Å². The molecule has 1 aliphatic rings. The molecule has 2 amide bonds. The van der Waals surface area contributed by atoms with Gasteiger partial charge in [-0.2, -0.15) is 0 Å². The minimum absolute atomic E-state index is 0.0626. The molecule has 1 N–H and O–H groups in total. The highest BCUT2D eigenvalue weighted by atomic mass is 79.9. The van der Waals surface area contributed by atoms with Crippen molar-refractivity contribution in [2.75, 3.05) is 6.79 Å². The van der Waals surface area contributed by atoms with E-state index in [1.807, 2.05) is 56.3 Å². The zero-order valence-corrected chi connectivity index (χ0v) is 19.8. The van der Waals surface area contributed by atoms with Gasteiger partial charge in [0.2, 0.25) is 18.6 Å². The average Bonchev–Trinajstić information content (AvgIpc) is 3.24. The molecule has 31 heavy (non-hydrogen) atoms. The second-order valence-corrected chi connectivity index (χ2v) is 8.75. The van der Waals surface area contributed by atoms with Crippen LogP contribution in [0.4, 0.5) is 0 Å². The number of ether oxygens (including phenoxy) is 2. The van der Waals surface area contributed by atoms with Gasteiger partial charge in [-0.05, 0) is 62.1 Å². The van der Waals surface area contributed by atoms with Crippen molar-refractivity contribution >= 4 is 27.7 Å². The van der Waals surface area contributed by atoms with Gasteiger partial charge in [0.25, 0.3) is 0 Å². The molecule has 0 fully saturated rings. The van der Waals surface area contributed by atoms with Crippen LogP contribution < -0.4 is 14.8 Å². The molecule has 0 spiro atoms. The van der Waals surface area contributed by atoms with E-state index in [0.717, 1.165) is 27.8 Å². The monoisotopic (exact) mass is 488 g/mol. The van der Waals surface area contributed by atoms with Crippen molar-refractivity contribution in [3.8, 4) is 11.5 Å².